The van der Waals surface area contributed by atoms with E-state index in [1.165, 1.54) is 15.6 Å². The molecule has 2 unspecified atom stereocenters. The predicted molar refractivity (Wildman–Crippen MR) is 160 cm³/mol. The number of nitrogens with one attached hydrogen (secondary N) is 1. The van der Waals surface area contributed by atoms with E-state index < -0.39 is 22.7 Å². The van der Waals surface area contributed by atoms with E-state index in [4.69, 9.17) is 16.3 Å². The van der Waals surface area contributed by atoms with Crippen LogP contribution < -0.4 is 5.32 Å². The molecule has 0 radical (unpaired) electrons. The minimum absolute atomic E-state index is 0.0175. The van der Waals surface area contributed by atoms with E-state index in [0.29, 0.717) is 58.5 Å². The van der Waals surface area contributed by atoms with E-state index in [2.05, 4.69) is 17.2 Å². The Morgan fingerprint density at radius 1 is 1.19 bits per heavy atom. The van der Waals surface area contributed by atoms with Crippen molar-refractivity contribution in [3.05, 3.63) is 44.4 Å². The van der Waals surface area contributed by atoms with E-state index in [-0.39, 0.29) is 48.1 Å². The Kier molecular flexibility index (Phi) is 8.59. The van der Waals surface area contributed by atoms with Crippen LogP contribution in [-0.4, -0.2) is 102 Å². The maximum atomic E-state index is 14.0. The van der Waals surface area contributed by atoms with Crippen LogP contribution in [0.5, 0.6) is 0 Å². The van der Waals surface area contributed by atoms with Gasteiger partial charge in [0.1, 0.15) is 4.21 Å². The molecule has 0 spiro atoms. The first-order valence-electron chi connectivity index (χ1n) is 13.9. The molecular weight excluding hydrogens is 622 g/mol. The lowest BCUT2D eigenvalue weighted by Crippen LogP contribution is -2.58. The fourth-order valence-electron chi connectivity index (χ4n) is 5.73. The zero-order valence-corrected chi connectivity index (χ0v) is 26.3. The molecule has 42 heavy (non-hydrogen) atoms. The highest BCUT2D eigenvalue weighted by molar-refractivity contribution is 7.91. The molecule has 2 saturated heterocycles. The van der Waals surface area contributed by atoms with Crippen molar-refractivity contribution in [1.29, 1.82) is 0 Å². The number of benzene rings is 1. The van der Waals surface area contributed by atoms with Gasteiger partial charge in [0, 0.05) is 78.3 Å². The molecule has 0 saturated carbocycles. The number of sulfonamides is 1. The van der Waals surface area contributed by atoms with Crippen molar-refractivity contribution < 1.29 is 27.9 Å². The average molecular weight is 654 g/mol. The third kappa shape index (κ3) is 5.71. The summed E-state index contributed by atoms with van der Waals surface area (Å²) in [6.45, 7) is 4.19. The molecule has 5 heterocycles. The second-order valence-corrected chi connectivity index (χ2v) is 15.5. The molecule has 2 atom stereocenters. The molecule has 0 aliphatic carbocycles. The fraction of sp³-hybridized carbons (Fsp3) is 0.519. The van der Waals surface area contributed by atoms with Gasteiger partial charge in [-0.3, -0.25) is 9.59 Å². The molecule has 3 aliphatic rings. The molecular formula is C27H32ClN5O6S3. The zero-order chi connectivity index (χ0) is 29.6. The van der Waals surface area contributed by atoms with E-state index in [1.807, 2.05) is 0 Å². The Balaban J connectivity index is 1.30. The number of piperazine rings is 1. The number of thiophene rings is 1. The maximum absolute atomic E-state index is 14.0. The Bertz CT molecular complexity index is 1620. The number of amides is 2. The second-order valence-electron chi connectivity index (χ2n) is 10.8. The van der Waals surface area contributed by atoms with Crippen LogP contribution in [0.4, 0.5) is 0 Å². The number of halogens is 1. The number of hydrogen-bond donors (Lipinski definition) is 2. The van der Waals surface area contributed by atoms with Crippen LogP contribution in [0.3, 0.4) is 0 Å². The molecule has 2 fully saturated rings. The highest BCUT2D eigenvalue weighted by Gasteiger charge is 2.41. The molecule has 0 bridgehead atoms. The first-order valence-corrected chi connectivity index (χ1v) is 17.3. The maximum Gasteiger partial charge on any atom is 0.283 e. The number of morpholine rings is 1. The van der Waals surface area contributed by atoms with Crippen molar-refractivity contribution >= 4 is 66.2 Å². The van der Waals surface area contributed by atoms with Gasteiger partial charge in [0.05, 0.1) is 31.6 Å². The highest BCUT2D eigenvalue weighted by atomic mass is 35.5. The quantitative estimate of drug-likeness (QED) is 0.414. The Morgan fingerprint density at radius 2 is 1.98 bits per heavy atom. The van der Waals surface area contributed by atoms with Crippen LogP contribution in [0, 0.1) is 0 Å². The van der Waals surface area contributed by atoms with Crippen molar-refractivity contribution in [1.82, 2.24) is 24.4 Å². The summed E-state index contributed by atoms with van der Waals surface area (Å²) in [5, 5.41) is 15.0. The van der Waals surface area contributed by atoms with Gasteiger partial charge in [-0.1, -0.05) is 17.7 Å². The molecule has 2 aromatic heterocycles. The number of aromatic nitrogens is 1. The second kappa shape index (κ2) is 12.1. The van der Waals surface area contributed by atoms with Crippen molar-refractivity contribution in [2.75, 3.05) is 45.9 Å². The van der Waals surface area contributed by atoms with Crippen molar-refractivity contribution in [3.8, 4) is 0 Å². The number of aliphatic hydroxyl groups excluding tert-OH is 1. The molecule has 11 nitrogen and oxygen atoms in total. The van der Waals surface area contributed by atoms with Crippen molar-refractivity contribution in [3.63, 3.8) is 0 Å². The number of carbonyl (C=O) groups excluding carboxylic acids is 2. The van der Waals surface area contributed by atoms with Crippen LogP contribution in [0.25, 0.3) is 10.1 Å². The van der Waals surface area contributed by atoms with Gasteiger partial charge in [0.15, 0.2) is 5.01 Å². The van der Waals surface area contributed by atoms with Gasteiger partial charge in [-0.25, -0.2) is 13.4 Å². The van der Waals surface area contributed by atoms with Gasteiger partial charge in [-0.15, -0.1) is 22.7 Å². The molecule has 15 heteroatoms. The van der Waals surface area contributed by atoms with E-state index in [1.54, 1.807) is 28.0 Å². The van der Waals surface area contributed by atoms with E-state index >= 15 is 0 Å². The standard InChI is InChI=1S/C27H32ClN5O6S3/c1-16-10-21-23(13-29-16)40-25(30-21)26(36)33-5-4-32(14-18(33)12-24(35)31-6-8-39-9-7-31)42(37,38)27-20(15-34)19-3-2-17(28)11-22(19)41-27/h2-3,11,16,18,29,34H,4-10,12-15H2,1H3. The number of aliphatic hydroxyl groups is 1. The number of fused-ring (bicyclic) bond motifs is 2. The van der Waals surface area contributed by atoms with Crippen LogP contribution in [0.2, 0.25) is 5.02 Å². The summed E-state index contributed by atoms with van der Waals surface area (Å²) < 4.78 is 35.5. The lowest BCUT2D eigenvalue weighted by Gasteiger charge is -2.41. The summed E-state index contributed by atoms with van der Waals surface area (Å²) in [4.78, 5) is 36.2. The Morgan fingerprint density at radius 3 is 2.74 bits per heavy atom. The Hall–Kier alpha value is -2.17. The topological polar surface area (TPSA) is 132 Å². The van der Waals surface area contributed by atoms with Gasteiger partial charge in [0.2, 0.25) is 5.91 Å². The minimum Gasteiger partial charge on any atom is -0.392 e. The molecule has 3 aliphatic heterocycles. The lowest BCUT2D eigenvalue weighted by atomic mass is 10.1. The summed E-state index contributed by atoms with van der Waals surface area (Å²) in [5.74, 6) is -0.434. The van der Waals surface area contributed by atoms with Gasteiger partial charge in [0.25, 0.3) is 15.9 Å². The van der Waals surface area contributed by atoms with Crippen LogP contribution >= 0.6 is 34.3 Å². The van der Waals surface area contributed by atoms with E-state index in [9.17, 15) is 23.1 Å². The van der Waals surface area contributed by atoms with Gasteiger partial charge < -0.3 is 25.0 Å². The Labute approximate surface area is 257 Å². The summed E-state index contributed by atoms with van der Waals surface area (Å²) in [6, 6.07) is 4.64. The number of thiazole rings is 1. The fourth-order valence-corrected chi connectivity index (χ4v) is 10.4. The predicted octanol–water partition coefficient (Wildman–Crippen LogP) is 2.30. The molecule has 226 valence electrons. The molecule has 2 N–H and O–H groups in total. The summed E-state index contributed by atoms with van der Waals surface area (Å²) in [5.41, 5.74) is 1.24. The molecule has 6 rings (SSSR count). The summed E-state index contributed by atoms with van der Waals surface area (Å²) >= 11 is 8.57. The third-order valence-electron chi connectivity index (χ3n) is 8.00. The highest BCUT2D eigenvalue weighted by Crippen LogP contribution is 2.38. The minimum atomic E-state index is -4.05. The van der Waals surface area contributed by atoms with Gasteiger partial charge in [-0.05, 0) is 24.4 Å². The normalized spacial score (nSPS) is 22.0. The van der Waals surface area contributed by atoms with E-state index in [0.717, 1.165) is 28.3 Å². The van der Waals surface area contributed by atoms with Crippen LogP contribution in [-0.2, 0) is 39.1 Å². The lowest BCUT2D eigenvalue weighted by molar-refractivity contribution is -0.136. The molecule has 2 amide bonds. The third-order valence-corrected chi connectivity index (χ3v) is 12.9. The van der Waals surface area contributed by atoms with Crippen molar-refractivity contribution in [2.45, 2.75) is 49.2 Å². The SMILES string of the molecule is CC1Cc2nc(C(=O)N3CCN(S(=O)(=O)c4sc5cc(Cl)ccc5c4CO)CC3CC(=O)N3CCOCC3)sc2CN1. The number of nitrogens with zero attached hydrogens (tertiary/aromatic N) is 4. The van der Waals surface area contributed by atoms with Crippen LogP contribution in [0.15, 0.2) is 22.4 Å². The summed E-state index contributed by atoms with van der Waals surface area (Å²) in [6.07, 6.45) is 0.716. The average Bonchev–Trinajstić information content (AvgIpc) is 3.58. The van der Waals surface area contributed by atoms with Gasteiger partial charge >= 0.3 is 0 Å². The van der Waals surface area contributed by atoms with Gasteiger partial charge in [-0.2, -0.15) is 4.31 Å². The summed E-state index contributed by atoms with van der Waals surface area (Å²) in [7, 11) is -4.05. The zero-order valence-electron chi connectivity index (χ0n) is 23.0. The number of ether oxygens (including phenoxy) is 1. The number of hydrogen-bond acceptors (Lipinski definition) is 10. The number of rotatable bonds is 6. The largest absolute Gasteiger partial charge is 0.392 e. The number of carbonyl (C=O) groups is 2. The van der Waals surface area contributed by atoms with Crippen molar-refractivity contribution in [2.24, 2.45) is 0 Å². The first-order chi connectivity index (χ1) is 20.2. The molecule has 1 aromatic carbocycles. The monoisotopic (exact) mass is 653 g/mol. The van der Waals surface area contributed by atoms with Crippen LogP contribution in [0.1, 0.15) is 39.3 Å². The first kappa shape index (κ1) is 29.9. The smallest absolute Gasteiger partial charge is 0.283 e. The molecule has 3 aromatic rings.